The quantitative estimate of drug-likeness (QED) is 0.715. The first-order chi connectivity index (χ1) is 10.0. The van der Waals surface area contributed by atoms with Crippen molar-refractivity contribution >= 4 is 11.9 Å². The summed E-state index contributed by atoms with van der Waals surface area (Å²) in [6.07, 6.45) is -0.737. The number of hydrogen-bond donors (Lipinski definition) is 2. The molecule has 1 amide bonds. The van der Waals surface area contributed by atoms with Crippen molar-refractivity contribution in [2.45, 2.75) is 18.9 Å². The molecule has 0 saturated carbocycles. The van der Waals surface area contributed by atoms with Crippen molar-refractivity contribution in [2.24, 2.45) is 0 Å². The number of carboxylic acids is 1. The Kier molecular flexibility index (Phi) is 7.17. The molecule has 1 aromatic carbocycles. The molecule has 0 fully saturated rings. The predicted molar refractivity (Wildman–Crippen MR) is 72.6 cm³/mol. The van der Waals surface area contributed by atoms with Gasteiger partial charge >= 0.3 is 5.97 Å². The first kappa shape index (κ1) is 16.9. The molecule has 0 aliphatic heterocycles. The van der Waals surface area contributed by atoms with Crippen LogP contribution in [-0.2, 0) is 14.3 Å². The Morgan fingerprint density at radius 2 is 2.10 bits per heavy atom. The van der Waals surface area contributed by atoms with Gasteiger partial charge in [-0.05, 0) is 12.1 Å². The van der Waals surface area contributed by atoms with Crippen molar-refractivity contribution in [3.8, 4) is 5.75 Å². The van der Waals surface area contributed by atoms with Gasteiger partial charge in [0.05, 0.1) is 25.6 Å². The average molecular weight is 299 g/mol. The molecule has 0 saturated heterocycles. The summed E-state index contributed by atoms with van der Waals surface area (Å²) in [5.74, 6) is -1.72. The van der Waals surface area contributed by atoms with E-state index < -0.39 is 17.9 Å². The molecule has 0 aromatic heterocycles. The molecule has 7 heteroatoms. The molecule has 1 rings (SSSR count). The monoisotopic (exact) mass is 299 g/mol. The van der Waals surface area contributed by atoms with Gasteiger partial charge in [0.2, 0.25) is 5.91 Å². The second kappa shape index (κ2) is 8.91. The number of hydrogen-bond acceptors (Lipinski definition) is 4. The minimum Gasteiger partial charge on any atom is -0.490 e. The first-order valence-electron chi connectivity index (χ1n) is 6.41. The van der Waals surface area contributed by atoms with E-state index in [1.165, 1.54) is 19.2 Å². The van der Waals surface area contributed by atoms with Crippen LogP contribution in [0.2, 0.25) is 0 Å². The molecule has 21 heavy (non-hydrogen) atoms. The van der Waals surface area contributed by atoms with Crippen molar-refractivity contribution in [3.05, 3.63) is 30.1 Å². The van der Waals surface area contributed by atoms with Crippen molar-refractivity contribution in [1.82, 2.24) is 5.32 Å². The van der Waals surface area contributed by atoms with E-state index in [9.17, 15) is 14.0 Å². The van der Waals surface area contributed by atoms with Gasteiger partial charge in [-0.3, -0.25) is 9.59 Å². The molecule has 6 nitrogen and oxygen atoms in total. The highest BCUT2D eigenvalue weighted by molar-refractivity contribution is 5.76. The van der Waals surface area contributed by atoms with E-state index in [4.69, 9.17) is 14.6 Å². The zero-order chi connectivity index (χ0) is 15.7. The fraction of sp³-hybridized carbons (Fsp3) is 0.429. The van der Waals surface area contributed by atoms with Gasteiger partial charge in [-0.25, -0.2) is 4.39 Å². The zero-order valence-electron chi connectivity index (χ0n) is 11.7. The Balaban J connectivity index is 2.25. The smallest absolute Gasteiger partial charge is 0.306 e. The van der Waals surface area contributed by atoms with E-state index in [1.807, 2.05) is 0 Å². The van der Waals surface area contributed by atoms with Crippen molar-refractivity contribution in [2.75, 3.05) is 20.3 Å². The molecule has 0 aliphatic carbocycles. The molecule has 0 bridgehead atoms. The number of rotatable bonds is 9. The fourth-order valence-corrected chi connectivity index (χ4v) is 1.57. The molecule has 0 heterocycles. The van der Waals surface area contributed by atoms with Crippen LogP contribution in [0.15, 0.2) is 24.3 Å². The van der Waals surface area contributed by atoms with Gasteiger partial charge in [0.25, 0.3) is 0 Å². The summed E-state index contributed by atoms with van der Waals surface area (Å²) in [7, 11) is 1.38. The molecule has 1 unspecified atom stereocenters. The van der Waals surface area contributed by atoms with Crippen LogP contribution < -0.4 is 10.1 Å². The normalized spacial score (nSPS) is 11.7. The number of amides is 1. The summed E-state index contributed by atoms with van der Waals surface area (Å²) in [4.78, 5) is 22.1. The molecular weight excluding hydrogens is 281 g/mol. The van der Waals surface area contributed by atoms with Gasteiger partial charge in [0.1, 0.15) is 0 Å². The SMILES string of the molecule is COC(CNC(=O)CCOc1ccccc1F)CC(=O)O. The van der Waals surface area contributed by atoms with Crippen molar-refractivity contribution in [3.63, 3.8) is 0 Å². The van der Waals surface area contributed by atoms with E-state index in [-0.39, 0.29) is 37.6 Å². The van der Waals surface area contributed by atoms with Crippen LogP contribution in [0.1, 0.15) is 12.8 Å². The number of para-hydroxylation sites is 1. The van der Waals surface area contributed by atoms with Gasteiger partial charge < -0.3 is 19.9 Å². The van der Waals surface area contributed by atoms with Crippen molar-refractivity contribution in [1.29, 1.82) is 0 Å². The van der Waals surface area contributed by atoms with E-state index in [0.717, 1.165) is 0 Å². The molecule has 0 aliphatic rings. The van der Waals surface area contributed by atoms with E-state index in [2.05, 4.69) is 5.32 Å². The molecule has 116 valence electrons. The number of methoxy groups -OCH3 is 1. The van der Waals surface area contributed by atoms with Crippen LogP contribution >= 0.6 is 0 Å². The summed E-state index contributed by atoms with van der Waals surface area (Å²) >= 11 is 0. The van der Waals surface area contributed by atoms with Crippen LogP contribution in [0, 0.1) is 5.82 Å². The highest BCUT2D eigenvalue weighted by atomic mass is 19.1. The van der Waals surface area contributed by atoms with Gasteiger partial charge in [0.15, 0.2) is 11.6 Å². The molecule has 0 radical (unpaired) electrons. The summed E-state index contributed by atoms with van der Waals surface area (Å²) in [6, 6.07) is 5.92. The third-order valence-electron chi connectivity index (χ3n) is 2.69. The third-order valence-corrected chi connectivity index (χ3v) is 2.69. The van der Waals surface area contributed by atoms with Crippen LogP contribution in [0.3, 0.4) is 0 Å². The maximum absolute atomic E-state index is 13.2. The van der Waals surface area contributed by atoms with Crippen LogP contribution in [0.5, 0.6) is 5.75 Å². The second-order valence-corrected chi connectivity index (χ2v) is 4.29. The summed E-state index contributed by atoms with van der Waals surface area (Å²) in [6.45, 7) is 0.130. The Morgan fingerprint density at radius 1 is 1.38 bits per heavy atom. The number of nitrogens with one attached hydrogen (secondary N) is 1. The Labute approximate surface area is 121 Å². The van der Waals surface area contributed by atoms with Gasteiger partial charge in [-0.15, -0.1) is 0 Å². The summed E-state index contributed by atoms with van der Waals surface area (Å²) in [5, 5.41) is 11.2. The topological polar surface area (TPSA) is 84.9 Å². The third kappa shape index (κ3) is 6.71. The number of aliphatic carboxylic acids is 1. The fourth-order valence-electron chi connectivity index (χ4n) is 1.57. The number of carbonyl (C=O) groups excluding carboxylic acids is 1. The van der Waals surface area contributed by atoms with E-state index in [1.54, 1.807) is 12.1 Å². The lowest BCUT2D eigenvalue weighted by atomic mass is 10.2. The lowest BCUT2D eigenvalue weighted by Crippen LogP contribution is -2.35. The summed E-state index contributed by atoms with van der Waals surface area (Å²) in [5.41, 5.74) is 0. The van der Waals surface area contributed by atoms with Gasteiger partial charge in [0, 0.05) is 13.7 Å². The molecule has 1 aromatic rings. The maximum atomic E-state index is 13.2. The Bertz CT molecular complexity index is 480. The van der Waals surface area contributed by atoms with Gasteiger partial charge in [-0.1, -0.05) is 12.1 Å². The number of benzene rings is 1. The maximum Gasteiger partial charge on any atom is 0.306 e. The van der Waals surface area contributed by atoms with E-state index in [0.29, 0.717) is 0 Å². The molecule has 1 atom stereocenters. The molecule has 0 spiro atoms. The summed E-state index contributed by atoms with van der Waals surface area (Å²) < 4.78 is 23.3. The largest absolute Gasteiger partial charge is 0.490 e. The number of ether oxygens (including phenoxy) is 2. The number of halogens is 1. The van der Waals surface area contributed by atoms with Gasteiger partial charge in [-0.2, -0.15) is 0 Å². The average Bonchev–Trinajstić information content (AvgIpc) is 2.45. The number of carbonyl (C=O) groups is 2. The van der Waals surface area contributed by atoms with E-state index >= 15 is 0 Å². The van der Waals surface area contributed by atoms with Crippen LogP contribution in [0.25, 0.3) is 0 Å². The first-order valence-corrected chi connectivity index (χ1v) is 6.41. The number of carboxylic acid groups (broad SMARTS) is 1. The Morgan fingerprint density at radius 3 is 2.71 bits per heavy atom. The van der Waals surface area contributed by atoms with Crippen LogP contribution in [0.4, 0.5) is 4.39 Å². The highest BCUT2D eigenvalue weighted by Crippen LogP contribution is 2.15. The lowest BCUT2D eigenvalue weighted by molar-refractivity contribution is -0.140. The predicted octanol–water partition coefficient (Wildman–Crippen LogP) is 1.20. The molecule has 2 N–H and O–H groups in total. The molecular formula is C14H18FNO5. The zero-order valence-corrected chi connectivity index (χ0v) is 11.7. The second-order valence-electron chi connectivity index (χ2n) is 4.29. The standard InChI is InChI=1S/C14H18FNO5/c1-20-10(8-14(18)19)9-16-13(17)6-7-21-12-5-3-2-4-11(12)15/h2-5,10H,6-9H2,1H3,(H,16,17)(H,18,19). The van der Waals surface area contributed by atoms with Crippen LogP contribution in [-0.4, -0.2) is 43.3 Å². The lowest BCUT2D eigenvalue weighted by Gasteiger charge is -2.14. The highest BCUT2D eigenvalue weighted by Gasteiger charge is 2.13. The minimum absolute atomic E-state index is 0.0311. The Hall–Kier alpha value is -2.15. The van der Waals surface area contributed by atoms with Crippen molar-refractivity contribution < 1.29 is 28.6 Å². The minimum atomic E-state index is -1.00.